The molecule has 0 spiro atoms. The lowest BCUT2D eigenvalue weighted by Gasteiger charge is -2.17. The maximum Gasteiger partial charge on any atom is 0.335 e. The lowest BCUT2D eigenvalue weighted by molar-refractivity contribution is -0.128. The van der Waals surface area contributed by atoms with Gasteiger partial charge in [-0.15, -0.1) is 0 Å². The van der Waals surface area contributed by atoms with Crippen LogP contribution in [0.5, 0.6) is 5.75 Å². The number of halogens is 1. The number of ether oxygens (including phenoxy) is 1. The van der Waals surface area contributed by atoms with Gasteiger partial charge in [-0.2, -0.15) is 0 Å². The first-order valence-electron chi connectivity index (χ1n) is 8.73. The summed E-state index contributed by atoms with van der Waals surface area (Å²) in [6, 6.07) is 11.8. The highest BCUT2D eigenvalue weighted by Crippen LogP contribution is 2.15. The second-order valence-electron chi connectivity index (χ2n) is 6.38. The van der Waals surface area contributed by atoms with Crippen LogP contribution in [0.3, 0.4) is 0 Å². The van der Waals surface area contributed by atoms with E-state index in [1.165, 1.54) is 0 Å². The first-order valence-corrected chi connectivity index (χ1v) is 8.73. The number of aromatic carboxylic acids is 1. The molecular formula is C20H19FN2O5. The van der Waals surface area contributed by atoms with Crippen LogP contribution in [0, 0.1) is 5.82 Å². The molecule has 1 fully saturated rings. The van der Waals surface area contributed by atoms with E-state index in [1.54, 1.807) is 4.90 Å². The molecule has 1 heterocycles. The van der Waals surface area contributed by atoms with E-state index in [2.05, 4.69) is 5.32 Å². The first-order chi connectivity index (χ1) is 13.4. The Kier molecular flexibility index (Phi) is 5.88. The van der Waals surface area contributed by atoms with Crippen LogP contribution in [0.4, 0.5) is 4.39 Å². The van der Waals surface area contributed by atoms with Crippen LogP contribution in [0.15, 0.2) is 48.5 Å². The topological polar surface area (TPSA) is 95.9 Å². The zero-order valence-corrected chi connectivity index (χ0v) is 14.9. The zero-order chi connectivity index (χ0) is 20.1. The maximum absolute atomic E-state index is 14.0. The number of benzene rings is 2. The second kappa shape index (κ2) is 8.51. The minimum absolute atomic E-state index is 0.117. The normalized spacial score (nSPS) is 16.1. The van der Waals surface area contributed by atoms with E-state index >= 15 is 0 Å². The van der Waals surface area contributed by atoms with Crippen molar-refractivity contribution in [3.05, 3.63) is 65.5 Å². The summed E-state index contributed by atoms with van der Waals surface area (Å²) >= 11 is 0. The number of para-hydroxylation sites is 1. The highest BCUT2D eigenvalue weighted by molar-refractivity contribution is 5.96. The number of amides is 2. The van der Waals surface area contributed by atoms with Gasteiger partial charge in [0, 0.05) is 13.0 Å². The molecule has 1 aliphatic rings. The van der Waals surface area contributed by atoms with E-state index < -0.39 is 23.7 Å². The summed E-state index contributed by atoms with van der Waals surface area (Å²) in [5.74, 6) is -2.30. The standard InChI is InChI=1S/C20H19FN2O5/c21-17-10-13(20(26)27)6-7-16(17)19(25)22-14-11-18(24)23(12-14)8-9-28-15-4-2-1-3-5-15/h1-7,10,14H,8-9,11-12H2,(H,22,25)(H,26,27). The number of nitrogens with one attached hydrogen (secondary N) is 1. The van der Waals surface area contributed by atoms with E-state index in [-0.39, 0.29) is 23.5 Å². The minimum atomic E-state index is -1.28. The molecule has 146 valence electrons. The Morgan fingerprint density at radius 1 is 1.21 bits per heavy atom. The minimum Gasteiger partial charge on any atom is -0.492 e. The molecule has 0 radical (unpaired) electrons. The summed E-state index contributed by atoms with van der Waals surface area (Å²) in [5, 5.41) is 11.5. The molecule has 0 bridgehead atoms. The van der Waals surface area contributed by atoms with Crippen LogP contribution < -0.4 is 10.1 Å². The van der Waals surface area contributed by atoms with Gasteiger partial charge in [0.05, 0.1) is 23.7 Å². The fourth-order valence-electron chi connectivity index (χ4n) is 2.97. The molecule has 0 aromatic heterocycles. The highest BCUT2D eigenvalue weighted by Gasteiger charge is 2.31. The van der Waals surface area contributed by atoms with Gasteiger partial charge in [0.15, 0.2) is 0 Å². The van der Waals surface area contributed by atoms with Gasteiger partial charge in [-0.3, -0.25) is 9.59 Å². The Morgan fingerprint density at radius 2 is 1.96 bits per heavy atom. The first kappa shape index (κ1) is 19.3. The van der Waals surface area contributed by atoms with Gasteiger partial charge < -0.3 is 20.1 Å². The predicted molar refractivity (Wildman–Crippen MR) is 97.7 cm³/mol. The smallest absolute Gasteiger partial charge is 0.335 e. The van der Waals surface area contributed by atoms with Gasteiger partial charge in [0.2, 0.25) is 5.91 Å². The molecule has 7 nitrogen and oxygen atoms in total. The second-order valence-corrected chi connectivity index (χ2v) is 6.38. The molecule has 0 saturated carbocycles. The van der Waals surface area contributed by atoms with E-state index in [0.29, 0.717) is 25.4 Å². The van der Waals surface area contributed by atoms with Gasteiger partial charge in [-0.1, -0.05) is 18.2 Å². The van der Waals surface area contributed by atoms with Crippen LogP contribution in [-0.2, 0) is 4.79 Å². The molecule has 2 N–H and O–H groups in total. The number of carbonyl (C=O) groups is 3. The van der Waals surface area contributed by atoms with Crippen LogP contribution in [0.25, 0.3) is 0 Å². The largest absolute Gasteiger partial charge is 0.492 e. The van der Waals surface area contributed by atoms with Crippen LogP contribution >= 0.6 is 0 Å². The predicted octanol–water partition coefficient (Wildman–Crippen LogP) is 1.93. The van der Waals surface area contributed by atoms with Gasteiger partial charge in [-0.05, 0) is 30.3 Å². The molecule has 2 aromatic rings. The lowest BCUT2D eigenvalue weighted by Crippen LogP contribution is -2.38. The fraction of sp³-hybridized carbons (Fsp3) is 0.250. The van der Waals surface area contributed by atoms with Gasteiger partial charge >= 0.3 is 5.97 Å². The van der Waals surface area contributed by atoms with Crippen molar-refractivity contribution in [3.8, 4) is 5.75 Å². The van der Waals surface area contributed by atoms with Crippen molar-refractivity contribution < 1.29 is 28.6 Å². The molecule has 2 amide bonds. The Morgan fingerprint density at radius 3 is 2.64 bits per heavy atom. The van der Waals surface area contributed by atoms with Gasteiger partial charge in [-0.25, -0.2) is 9.18 Å². The fourth-order valence-corrected chi connectivity index (χ4v) is 2.97. The third-order valence-corrected chi connectivity index (χ3v) is 4.38. The molecule has 1 aliphatic heterocycles. The third kappa shape index (κ3) is 4.64. The number of hydrogen-bond donors (Lipinski definition) is 2. The Labute approximate surface area is 160 Å². The van der Waals surface area contributed by atoms with Crippen molar-refractivity contribution in [1.29, 1.82) is 0 Å². The number of likely N-dealkylation sites (tertiary alicyclic amines) is 1. The Hall–Kier alpha value is -3.42. The van der Waals surface area contributed by atoms with Crippen molar-refractivity contribution in [1.82, 2.24) is 10.2 Å². The van der Waals surface area contributed by atoms with Crippen molar-refractivity contribution in [2.24, 2.45) is 0 Å². The molecule has 1 unspecified atom stereocenters. The molecule has 2 aromatic carbocycles. The Balaban J connectivity index is 1.52. The molecule has 1 saturated heterocycles. The zero-order valence-electron chi connectivity index (χ0n) is 14.9. The molecule has 0 aliphatic carbocycles. The molecule has 1 atom stereocenters. The van der Waals surface area contributed by atoms with Crippen molar-refractivity contribution in [2.45, 2.75) is 12.5 Å². The summed E-state index contributed by atoms with van der Waals surface area (Å²) in [6.07, 6.45) is 0.117. The summed E-state index contributed by atoms with van der Waals surface area (Å²) in [4.78, 5) is 36.8. The van der Waals surface area contributed by atoms with Crippen LogP contribution in [0.2, 0.25) is 0 Å². The summed E-state index contributed by atoms with van der Waals surface area (Å²) in [7, 11) is 0. The van der Waals surface area contributed by atoms with Crippen molar-refractivity contribution in [2.75, 3.05) is 19.7 Å². The summed E-state index contributed by atoms with van der Waals surface area (Å²) in [6.45, 7) is 1.00. The summed E-state index contributed by atoms with van der Waals surface area (Å²) in [5.41, 5.74) is -0.502. The SMILES string of the molecule is O=C(O)c1ccc(C(=O)NC2CC(=O)N(CCOc3ccccc3)C2)c(F)c1. The van der Waals surface area contributed by atoms with Crippen molar-refractivity contribution in [3.63, 3.8) is 0 Å². The monoisotopic (exact) mass is 386 g/mol. The van der Waals surface area contributed by atoms with Gasteiger partial charge in [0.1, 0.15) is 18.2 Å². The van der Waals surface area contributed by atoms with E-state index in [9.17, 15) is 18.8 Å². The average Bonchev–Trinajstić information content (AvgIpc) is 3.01. The van der Waals surface area contributed by atoms with E-state index in [1.807, 2.05) is 30.3 Å². The van der Waals surface area contributed by atoms with Crippen molar-refractivity contribution >= 4 is 17.8 Å². The van der Waals surface area contributed by atoms with Crippen LogP contribution in [-0.4, -0.2) is 53.5 Å². The molecular weight excluding hydrogens is 367 g/mol. The number of nitrogens with zero attached hydrogens (tertiary/aromatic N) is 1. The number of carboxylic acids is 1. The molecule has 28 heavy (non-hydrogen) atoms. The summed E-state index contributed by atoms with van der Waals surface area (Å²) < 4.78 is 19.6. The van der Waals surface area contributed by atoms with Gasteiger partial charge in [0.25, 0.3) is 5.91 Å². The van der Waals surface area contributed by atoms with E-state index in [0.717, 1.165) is 18.2 Å². The number of carboxylic acid groups (broad SMARTS) is 1. The molecule has 8 heteroatoms. The van der Waals surface area contributed by atoms with E-state index in [4.69, 9.17) is 9.84 Å². The average molecular weight is 386 g/mol. The number of rotatable bonds is 7. The quantitative estimate of drug-likeness (QED) is 0.758. The molecule has 3 rings (SSSR count). The lowest BCUT2D eigenvalue weighted by atomic mass is 10.1. The van der Waals surface area contributed by atoms with Crippen LogP contribution in [0.1, 0.15) is 27.1 Å². The Bertz CT molecular complexity index is 887. The highest BCUT2D eigenvalue weighted by atomic mass is 19.1. The third-order valence-electron chi connectivity index (χ3n) is 4.38. The maximum atomic E-state index is 14.0. The number of carbonyl (C=O) groups excluding carboxylic acids is 2. The number of hydrogen-bond acceptors (Lipinski definition) is 4.